The Kier molecular flexibility index (Phi) is 4.38. The minimum Gasteiger partial charge on any atom is -0.444 e. The number of likely N-dealkylation sites (tertiary alicyclic amines) is 1. The van der Waals surface area contributed by atoms with Crippen LogP contribution in [0.2, 0.25) is 0 Å². The highest BCUT2D eigenvalue weighted by Crippen LogP contribution is 2.30. The maximum atomic E-state index is 12.0. The monoisotopic (exact) mass is 245 g/mol. The van der Waals surface area contributed by atoms with Gasteiger partial charge < -0.3 is 14.6 Å². The number of hydrogen-bond acceptors (Lipinski definition) is 4. The van der Waals surface area contributed by atoms with Gasteiger partial charge in [0.15, 0.2) is 0 Å². The molecule has 1 N–H and O–H groups in total. The molecule has 0 aromatic carbocycles. The molecule has 1 atom stereocenters. The van der Waals surface area contributed by atoms with Gasteiger partial charge in [0.25, 0.3) is 0 Å². The highest BCUT2D eigenvalue weighted by atomic mass is 16.6. The van der Waals surface area contributed by atoms with E-state index in [2.05, 4.69) is 0 Å². The number of nitrogens with zero attached hydrogens (tertiary/aromatic N) is 1. The summed E-state index contributed by atoms with van der Waals surface area (Å²) in [7, 11) is 1.57. The number of carbonyl (C=O) groups excluding carboxylic acids is 1. The van der Waals surface area contributed by atoms with Gasteiger partial charge in [-0.1, -0.05) is 0 Å². The van der Waals surface area contributed by atoms with Gasteiger partial charge in [-0.25, -0.2) is 4.79 Å². The molecule has 1 saturated heterocycles. The van der Waals surface area contributed by atoms with Gasteiger partial charge in [0, 0.05) is 13.7 Å². The zero-order valence-electron chi connectivity index (χ0n) is 11.2. The Morgan fingerprint density at radius 3 is 2.59 bits per heavy atom. The van der Waals surface area contributed by atoms with Gasteiger partial charge in [-0.05, 0) is 33.6 Å². The molecule has 17 heavy (non-hydrogen) atoms. The first-order valence-electron chi connectivity index (χ1n) is 5.95. The Balaban J connectivity index is 2.77. The van der Waals surface area contributed by atoms with Crippen LogP contribution in [0, 0.1) is 0 Å². The van der Waals surface area contributed by atoms with Crippen LogP contribution in [0.25, 0.3) is 0 Å². The van der Waals surface area contributed by atoms with Crippen LogP contribution >= 0.6 is 0 Å². The van der Waals surface area contributed by atoms with Crippen molar-refractivity contribution in [2.75, 3.05) is 26.9 Å². The van der Waals surface area contributed by atoms with E-state index in [1.165, 1.54) is 0 Å². The van der Waals surface area contributed by atoms with Crippen molar-refractivity contribution in [3.8, 4) is 0 Å². The Bertz CT molecular complexity index is 274. The third-order valence-electron chi connectivity index (χ3n) is 2.92. The molecule has 0 aromatic rings. The average Bonchev–Trinajstić information content (AvgIpc) is 2.60. The number of rotatable bonds is 3. The van der Waals surface area contributed by atoms with Gasteiger partial charge >= 0.3 is 6.09 Å². The fraction of sp³-hybridized carbons (Fsp3) is 0.917. The van der Waals surface area contributed by atoms with E-state index in [0.29, 0.717) is 13.2 Å². The molecular weight excluding hydrogens is 222 g/mol. The van der Waals surface area contributed by atoms with Crippen LogP contribution in [-0.4, -0.2) is 54.1 Å². The molecule has 5 heteroatoms. The topological polar surface area (TPSA) is 59.0 Å². The second-order valence-electron chi connectivity index (χ2n) is 5.55. The first kappa shape index (κ1) is 14.3. The fourth-order valence-electron chi connectivity index (χ4n) is 2.17. The third kappa shape index (κ3) is 3.33. The summed E-state index contributed by atoms with van der Waals surface area (Å²) >= 11 is 0. The Morgan fingerprint density at radius 1 is 1.47 bits per heavy atom. The first-order chi connectivity index (χ1) is 7.84. The van der Waals surface area contributed by atoms with Crippen molar-refractivity contribution in [1.82, 2.24) is 4.90 Å². The van der Waals surface area contributed by atoms with Crippen LogP contribution in [0.1, 0.15) is 33.6 Å². The van der Waals surface area contributed by atoms with Gasteiger partial charge in [-0.2, -0.15) is 0 Å². The Morgan fingerprint density at radius 2 is 2.12 bits per heavy atom. The van der Waals surface area contributed by atoms with Crippen molar-refractivity contribution in [1.29, 1.82) is 0 Å². The van der Waals surface area contributed by atoms with E-state index in [4.69, 9.17) is 9.47 Å². The van der Waals surface area contributed by atoms with E-state index >= 15 is 0 Å². The summed E-state index contributed by atoms with van der Waals surface area (Å²) in [5.41, 5.74) is -1.13. The molecule has 0 bridgehead atoms. The third-order valence-corrected chi connectivity index (χ3v) is 2.92. The second-order valence-corrected chi connectivity index (χ2v) is 5.55. The van der Waals surface area contributed by atoms with Crippen molar-refractivity contribution >= 4 is 6.09 Å². The van der Waals surface area contributed by atoms with E-state index < -0.39 is 11.1 Å². The SMILES string of the molecule is COC[C@@]1(CO)CCCN1C(=O)OC(C)(C)C. The van der Waals surface area contributed by atoms with Crippen LogP contribution in [0.4, 0.5) is 4.79 Å². The maximum absolute atomic E-state index is 12.0. The molecule has 1 rings (SSSR count). The van der Waals surface area contributed by atoms with Gasteiger partial charge in [-0.15, -0.1) is 0 Å². The lowest BCUT2D eigenvalue weighted by Crippen LogP contribution is -2.54. The van der Waals surface area contributed by atoms with E-state index in [1.54, 1.807) is 12.0 Å². The lowest BCUT2D eigenvalue weighted by atomic mass is 9.99. The van der Waals surface area contributed by atoms with E-state index in [1.807, 2.05) is 20.8 Å². The number of aliphatic hydroxyl groups excluding tert-OH is 1. The molecule has 1 amide bonds. The number of carbonyl (C=O) groups is 1. The molecule has 5 nitrogen and oxygen atoms in total. The molecular formula is C12H23NO4. The highest BCUT2D eigenvalue weighted by Gasteiger charge is 2.45. The summed E-state index contributed by atoms with van der Waals surface area (Å²) in [4.78, 5) is 13.6. The van der Waals surface area contributed by atoms with Crippen LogP contribution in [0.15, 0.2) is 0 Å². The summed E-state index contributed by atoms with van der Waals surface area (Å²) in [5, 5.41) is 9.54. The number of aliphatic hydroxyl groups is 1. The smallest absolute Gasteiger partial charge is 0.410 e. The van der Waals surface area contributed by atoms with Gasteiger partial charge in [0.2, 0.25) is 0 Å². The first-order valence-corrected chi connectivity index (χ1v) is 5.95. The summed E-state index contributed by atoms with van der Waals surface area (Å²) in [6.07, 6.45) is 1.24. The van der Waals surface area contributed by atoms with Crippen molar-refractivity contribution in [3.63, 3.8) is 0 Å². The Labute approximate surface area is 103 Å². The minimum absolute atomic E-state index is 0.0971. The fourth-order valence-corrected chi connectivity index (χ4v) is 2.17. The van der Waals surface area contributed by atoms with Crippen molar-refractivity contribution in [3.05, 3.63) is 0 Å². The van der Waals surface area contributed by atoms with Gasteiger partial charge in [-0.3, -0.25) is 4.90 Å². The van der Waals surface area contributed by atoms with Gasteiger partial charge in [0.05, 0.1) is 18.8 Å². The Hall–Kier alpha value is -0.810. The van der Waals surface area contributed by atoms with E-state index in [9.17, 15) is 9.90 Å². The molecule has 0 saturated carbocycles. The summed E-state index contributed by atoms with van der Waals surface area (Å²) < 4.78 is 10.5. The summed E-state index contributed by atoms with van der Waals surface area (Å²) in [6, 6.07) is 0. The average molecular weight is 245 g/mol. The summed E-state index contributed by atoms with van der Waals surface area (Å²) in [6.45, 7) is 6.34. The van der Waals surface area contributed by atoms with Crippen molar-refractivity contribution < 1.29 is 19.4 Å². The number of amides is 1. The molecule has 0 unspecified atom stereocenters. The molecule has 0 spiro atoms. The van der Waals surface area contributed by atoms with E-state index in [-0.39, 0.29) is 12.7 Å². The van der Waals surface area contributed by atoms with Crippen LogP contribution in [0.5, 0.6) is 0 Å². The van der Waals surface area contributed by atoms with Crippen molar-refractivity contribution in [2.24, 2.45) is 0 Å². The van der Waals surface area contributed by atoms with Crippen LogP contribution in [0.3, 0.4) is 0 Å². The minimum atomic E-state index is -0.614. The molecule has 1 heterocycles. The predicted octanol–water partition coefficient (Wildman–Crippen LogP) is 1.39. The van der Waals surface area contributed by atoms with Crippen LogP contribution in [-0.2, 0) is 9.47 Å². The molecule has 0 aromatic heterocycles. The largest absolute Gasteiger partial charge is 0.444 e. The highest BCUT2D eigenvalue weighted by molar-refractivity contribution is 5.69. The standard InChI is InChI=1S/C12H23NO4/c1-11(2,3)17-10(15)13-7-5-6-12(13,8-14)9-16-4/h14H,5-9H2,1-4H3/t12-/m0/s1. The normalized spacial score (nSPS) is 25.1. The molecule has 0 aliphatic carbocycles. The quantitative estimate of drug-likeness (QED) is 0.816. The zero-order chi connectivity index (χ0) is 13.1. The van der Waals surface area contributed by atoms with E-state index in [0.717, 1.165) is 12.8 Å². The molecule has 1 aliphatic rings. The number of hydrogen-bond donors (Lipinski definition) is 1. The lowest BCUT2D eigenvalue weighted by molar-refractivity contribution is -0.0287. The molecule has 0 radical (unpaired) electrons. The van der Waals surface area contributed by atoms with Crippen LogP contribution < -0.4 is 0 Å². The summed E-state index contributed by atoms with van der Waals surface area (Å²) in [5.74, 6) is 0. The van der Waals surface area contributed by atoms with Gasteiger partial charge in [0.1, 0.15) is 5.60 Å². The number of methoxy groups -OCH3 is 1. The number of ether oxygens (including phenoxy) is 2. The van der Waals surface area contributed by atoms with Crippen molar-refractivity contribution in [2.45, 2.75) is 44.8 Å². The predicted molar refractivity (Wildman–Crippen MR) is 63.9 cm³/mol. The molecule has 1 fully saturated rings. The molecule has 1 aliphatic heterocycles. The zero-order valence-corrected chi connectivity index (χ0v) is 11.2. The maximum Gasteiger partial charge on any atom is 0.410 e. The second kappa shape index (κ2) is 5.23. The lowest BCUT2D eigenvalue weighted by Gasteiger charge is -2.37. The molecule has 100 valence electrons.